The van der Waals surface area contributed by atoms with Gasteiger partial charge in [0.2, 0.25) is 0 Å². The standard InChI is InChI=1S/C11H16F2N2O/c12-9-4-8(5-10(13)6-9)11(7-14)15-2-1-3-16/h4-6,11,15-16H,1-3,7,14H2. The third-order valence-electron chi connectivity index (χ3n) is 2.25. The van der Waals surface area contributed by atoms with Crippen molar-refractivity contribution in [2.75, 3.05) is 19.7 Å². The van der Waals surface area contributed by atoms with Crippen LogP contribution >= 0.6 is 0 Å². The van der Waals surface area contributed by atoms with E-state index in [2.05, 4.69) is 5.32 Å². The van der Waals surface area contributed by atoms with Crippen LogP contribution < -0.4 is 11.1 Å². The first kappa shape index (κ1) is 13.0. The highest BCUT2D eigenvalue weighted by molar-refractivity contribution is 5.21. The molecule has 0 aliphatic rings. The Morgan fingerprint density at radius 3 is 2.38 bits per heavy atom. The van der Waals surface area contributed by atoms with Crippen LogP contribution in [0.3, 0.4) is 0 Å². The lowest BCUT2D eigenvalue weighted by Crippen LogP contribution is -2.29. The average Bonchev–Trinajstić information content (AvgIpc) is 2.23. The molecule has 0 aromatic heterocycles. The summed E-state index contributed by atoms with van der Waals surface area (Å²) in [5.74, 6) is -1.23. The highest BCUT2D eigenvalue weighted by atomic mass is 19.1. The number of aliphatic hydroxyl groups is 1. The molecule has 4 N–H and O–H groups in total. The van der Waals surface area contributed by atoms with E-state index in [0.717, 1.165) is 6.07 Å². The summed E-state index contributed by atoms with van der Waals surface area (Å²) >= 11 is 0. The van der Waals surface area contributed by atoms with Crippen LogP contribution in [0.1, 0.15) is 18.0 Å². The predicted molar refractivity (Wildman–Crippen MR) is 57.9 cm³/mol. The Morgan fingerprint density at radius 1 is 1.25 bits per heavy atom. The van der Waals surface area contributed by atoms with Gasteiger partial charge in [-0.25, -0.2) is 8.78 Å². The summed E-state index contributed by atoms with van der Waals surface area (Å²) in [6.07, 6.45) is 0.578. The zero-order valence-corrected chi connectivity index (χ0v) is 8.92. The van der Waals surface area contributed by atoms with Gasteiger partial charge in [-0.05, 0) is 30.7 Å². The topological polar surface area (TPSA) is 58.3 Å². The maximum absolute atomic E-state index is 13.0. The number of aliphatic hydroxyl groups excluding tert-OH is 1. The second-order valence-corrected chi connectivity index (χ2v) is 3.52. The maximum Gasteiger partial charge on any atom is 0.126 e. The van der Waals surface area contributed by atoms with Crippen molar-refractivity contribution in [3.63, 3.8) is 0 Å². The van der Waals surface area contributed by atoms with Gasteiger partial charge >= 0.3 is 0 Å². The van der Waals surface area contributed by atoms with Gasteiger partial charge in [0.1, 0.15) is 11.6 Å². The van der Waals surface area contributed by atoms with Crippen molar-refractivity contribution in [3.8, 4) is 0 Å². The Bertz CT molecular complexity index is 314. The van der Waals surface area contributed by atoms with Crippen LogP contribution in [0, 0.1) is 11.6 Å². The average molecular weight is 230 g/mol. The number of hydrogen-bond donors (Lipinski definition) is 3. The molecule has 0 heterocycles. The molecule has 90 valence electrons. The fourth-order valence-electron chi connectivity index (χ4n) is 1.47. The molecule has 0 bridgehead atoms. The molecule has 0 spiro atoms. The smallest absolute Gasteiger partial charge is 0.126 e. The second kappa shape index (κ2) is 6.52. The van der Waals surface area contributed by atoms with Crippen molar-refractivity contribution in [2.24, 2.45) is 5.73 Å². The van der Waals surface area contributed by atoms with Crippen molar-refractivity contribution in [3.05, 3.63) is 35.4 Å². The fraction of sp³-hybridized carbons (Fsp3) is 0.455. The summed E-state index contributed by atoms with van der Waals surface area (Å²) in [5.41, 5.74) is 6.00. The van der Waals surface area contributed by atoms with E-state index in [1.54, 1.807) is 0 Å². The number of rotatable bonds is 6. The minimum absolute atomic E-state index is 0.0712. The van der Waals surface area contributed by atoms with Crippen LogP contribution in [-0.4, -0.2) is 24.8 Å². The van der Waals surface area contributed by atoms with Gasteiger partial charge in [0.05, 0.1) is 0 Å². The van der Waals surface area contributed by atoms with E-state index in [0.29, 0.717) is 18.5 Å². The third kappa shape index (κ3) is 3.84. The lowest BCUT2D eigenvalue weighted by molar-refractivity contribution is 0.283. The zero-order chi connectivity index (χ0) is 12.0. The molecule has 1 aromatic rings. The summed E-state index contributed by atoms with van der Waals surface area (Å²) in [7, 11) is 0. The number of hydrogen-bond acceptors (Lipinski definition) is 3. The molecule has 5 heteroatoms. The summed E-state index contributed by atoms with van der Waals surface area (Å²) in [4.78, 5) is 0. The van der Waals surface area contributed by atoms with Crippen LogP contribution in [-0.2, 0) is 0 Å². The van der Waals surface area contributed by atoms with Crippen LogP contribution in [0.4, 0.5) is 8.78 Å². The third-order valence-corrected chi connectivity index (χ3v) is 2.25. The van der Waals surface area contributed by atoms with Gasteiger partial charge in [-0.1, -0.05) is 0 Å². The minimum atomic E-state index is -0.614. The monoisotopic (exact) mass is 230 g/mol. The molecule has 0 amide bonds. The molecule has 1 rings (SSSR count). The molecule has 1 atom stereocenters. The van der Waals surface area contributed by atoms with E-state index in [1.807, 2.05) is 0 Å². The molecule has 0 saturated heterocycles. The number of nitrogens with two attached hydrogens (primary N) is 1. The first-order valence-electron chi connectivity index (χ1n) is 5.17. The Hall–Kier alpha value is -1.04. The lowest BCUT2D eigenvalue weighted by Gasteiger charge is -2.17. The molecule has 0 saturated carbocycles. The Kier molecular flexibility index (Phi) is 5.31. The Balaban J connectivity index is 2.70. The van der Waals surface area contributed by atoms with Crippen molar-refractivity contribution in [1.29, 1.82) is 0 Å². The highest BCUT2D eigenvalue weighted by Gasteiger charge is 2.11. The summed E-state index contributed by atoms with van der Waals surface area (Å²) in [6, 6.07) is 3.04. The predicted octanol–water partition coefficient (Wildman–Crippen LogP) is 0.937. The SMILES string of the molecule is NCC(NCCCO)c1cc(F)cc(F)c1. The summed E-state index contributed by atoms with van der Waals surface area (Å²) < 4.78 is 25.9. The molecular formula is C11H16F2N2O. The first-order valence-corrected chi connectivity index (χ1v) is 5.17. The lowest BCUT2D eigenvalue weighted by atomic mass is 10.1. The van der Waals surface area contributed by atoms with Crippen molar-refractivity contribution >= 4 is 0 Å². The molecule has 1 aromatic carbocycles. The number of halogens is 2. The molecule has 0 aliphatic heterocycles. The summed E-state index contributed by atoms with van der Waals surface area (Å²) in [5, 5.41) is 11.6. The minimum Gasteiger partial charge on any atom is -0.396 e. The van der Waals surface area contributed by atoms with Gasteiger partial charge in [-0.15, -0.1) is 0 Å². The van der Waals surface area contributed by atoms with E-state index in [1.165, 1.54) is 12.1 Å². The van der Waals surface area contributed by atoms with E-state index in [-0.39, 0.29) is 19.2 Å². The second-order valence-electron chi connectivity index (χ2n) is 3.52. The van der Waals surface area contributed by atoms with E-state index in [9.17, 15) is 8.78 Å². The molecule has 16 heavy (non-hydrogen) atoms. The maximum atomic E-state index is 13.0. The molecule has 1 unspecified atom stereocenters. The van der Waals surface area contributed by atoms with Crippen molar-refractivity contribution in [1.82, 2.24) is 5.32 Å². The zero-order valence-electron chi connectivity index (χ0n) is 8.92. The van der Waals surface area contributed by atoms with Crippen LogP contribution in [0.2, 0.25) is 0 Å². The molecule has 0 aliphatic carbocycles. The van der Waals surface area contributed by atoms with Gasteiger partial charge in [-0.2, -0.15) is 0 Å². The van der Waals surface area contributed by atoms with E-state index >= 15 is 0 Å². The normalized spacial score (nSPS) is 12.8. The quantitative estimate of drug-likeness (QED) is 0.637. The van der Waals surface area contributed by atoms with E-state index in [4.69, 9.17) is 10.8 Å². The van der Waals surface area contributed by atoms with Crippen molar-refractivity contribution < 1.29 is 13.9 Å². The van der Waals surface area contributed by atoms with Gasteiger partial charge in [0.15, 0.2) is 0 Å². The molecular weight excluding hydrogens is 214 g/mol. The largest absolute Gasteiger partial charge is 0.396 e. The number of nitrogens with one attached hydrogen (secondary N) is 1. The van der Waals surface area contributed by atoms with Gasteiger partial charge in [0, 0.05) is 25.3 Å². The number of benzene rings is 1. The fourth-order valence-corrected chi connectivity index (χ4v) is 1.47. The molecule has 0 radical (unpaired) electrons. The van der Waals surface area contributed by atoms with Gasteiger partial charge in [0.25, 0.3) is 0 Å². The van der Waals surface area contributed by atoms with Crippen LogP contribution in [0.25, 0.3) is 0 Å². The summed E-state index contributed by atoms with van der Waals surface area (Å²) in [6.45, 7) is 0.868. The molecule has 0 fully saturated rings. The van der Waals surface area contributed by atoms with Crippen LogP contribution in [0.5, 0.6) is 0 Å². The van der Waals surface area contributed by atoms with Crippen LogP contribution in [0.15, 0.2) is 18.2 Å². The van der Waals surface area contributed by atoms with Gasteiger partial charge < -0.3 is 16.2 Å². The first-order chi connectivity index (χ1) is 7.67. The Morgan fingerprint density at radius 2 is 1.88 bits per heavy atom. The molecule has 3 nitrogen and oxygen atoms in total. The van der Waals surface area contributed by atoms with Crippen molar-refractivity contribution in [2.45, 2.75) is 12.5 Å². The van der Waals surface area contributed by atoms with E-state index < -0.39 is 11.6 Å². The Labute approximate surface area is 93.3 Å². The highest BCUT2D eigenvalue weighted by Crippen LogP contribution is 2.15. The van der Waals surface area contributed by atoms with Gasteiger partial charge in [-0.3, -0.25) is 0 Å².